The zero-order chi connectivity index (χ0) is 14.3. The molecule has 3 N–H and O–H groups in total. The fourth-order valence-electron chi connectivity index (χ4n) is 1.68. The van der Waals surface area contributed by atoms with Gasteiger partial charge in [-0.2, -0.15) is 5.26 Å². The Morgan fingerprint density at radius 3 is 2.84 bits per heavy atom. The van der Waals surface area contributed by atoms with Crippen LogP contribution in [0.2, 0.25) is 0 Å². The lowest BCUT2D eigenvalue weighted by molar-refractivity contribution is 0.0698. The molecule has 0 saturated carbocycles. The maximum atomic E-state index is 11.0. The van der Waals surface area contributed by atoms with Gasteiger partial charge in [0.15, 0.2) is 0 Å². The van der Waals surface area contributed by atoms with Crippen molar-refractivity contribution in [1.82, 2.24) is 0 Å². The van der Waals surface area contributed by atoms with Gasteiger partial charge < -0.3 is 20.5 Å². The third-order valence-corrected chi connectivity index (χ3v) is 2.69. The Kier molecular flexibility index (Phi) is 5.64. The average Bonchev–Trinajstić information content (AvgIpc) is 2.39. The molecular formula is C13H17N3O3. The maximum absolute atomic E-state index is 11.0. The van der Waals surface area contributed by atoms with E-state index in [1.165, 1.54) is 6.07 Å². The summed E-state index contributed by atoms with van der Waals surface area (Å²) in [6, 6.07) is 6.89. The minimum Gasteiger partial charge on any atom is -0.478 e. The lowest BCUT2D eigenvalue weighted by Gasteiger charge is -2.24. The molecule has 0 aliphatic carbocycles. The molecule has 0 fully saturated rings. The molecular weight excluding hydrogens is 246 g/mol. The van der Waals surface area contributed by atoms with E-state index >= 15 is 0 Å². The molecule has 19 heavy (non-hydrogen) atoms. The molecule has 1 aromatic rings. The van der Waals surface area contributed by atoms with Gasteiger partial charge in [0.1, 0.15) is 0 Å². The number of carboxylic acids is 1. The SMILES string of the molecule is COCCN(CCC#N)c1ccc(N)c(C(=O)O)c1. The van der Waals surface area contributed by atoms with Crippen LogP contribution in [0.25, 0.3) is 0 Å². The van der Waals surface area contributed by atoms with E-state index in [0.29, 0.717) is 26.1 Å². The van der Waals surface area contributed by atoms with Crippen molar-refractivity contribution >= 4 is 17.3 Å². The number of carboxylic acid groups (broad SMARTS) is 1. The quantitative estimate of drug-likeness (QED) is 0.720. The van der Waals surface area contributed by atoms with Crippen LogP contribution in [-0.2, 0) is 4.74 Å². The third kappa shape index (κ3) is 4.16. The number of rotatable bonds is 7. The molecule has 1 rings (SSSR count). The lowest BCUT2D eigenvalue weighted by Crippen LogP contribution is -2.28. The van der Waals surface area contributed by atoms with Crippen LogP contribution in [-0.4, -0.2) is 37.9 Å². The summed E-state index contributed by atoms with van der Waals surface area (Å²) in [6.45, 7) is 1.60. The second-order valence-electron chi connectivity index (χ2n) is 3.96. The van der Waals surface area contributed by atoms with Gasteiger partial charge in [-0.15, -0.1) is 0 Å². The number of benzene rings is 1. The number of methoxy groups -OCH3 is 1. The number of nitrogens with two attached hydrogens (primary N) is 1. The highest BCUT2D eigenvalue weighted by Gasteiger charge is 2.12. The minimum atomic E-state index is -1.06. The van der Waals surface area contributed by atoms with Crippen molar-refractivity contribution in [3.05, 3.63) is 23.8 Å². The number of nitriles is 1. The summed E-state index contributed by atoms with van der Waals surface area (Å²) in [6.07, 6.45) is 0.358. The van der Waals surface area contributed by atoms with Gasteiger partial charge in [0.05, 0.1) is 24.7 Å². The Morgan fingerprint density at radius 2 is 2.26 bits per heavy atom. The molecule has 0 spiro atoms. The van der Waals surface area contributed by atoms with Gasteiger partial charge in [-0.25, -0.2) is 4.79 Å². The van der Waals surface area contributed by atoms with Gasteiger partial charge in [-0.05, 0) is 18.2 Å². The Bertz CT molecular complexity index is 483. The van der Waals surface area contributed by atoms with Crippen LogP contribution in [0.4, 0.5) is 11.4 Å². The van der Waals surface area contributed by atoms with Gasteiger partial charge >= 0.3 is 5.97 Å². The molecule has 1 aromatic carbocycles. The van der Waals surface area contributed by atoms with Crippen LogP contribution in [0.5, 0.6) is 0 Å². The number of anilines is 2. The first kappa shape index (κ1) is 14.8. The number of nitrogen functional groups attached to an aromatic ring is 1. The summed E-state index contributed by atoms with van der Waals surface area (Å²) in [7, 11) is 1.59. The smallest absolute Gasteiger partial charge is 0.337 e. The highest BCUT2D eigenvalue weighted by molar-refractivity contribution is 5.94. The van der Waals surface area contributed by atoms with Crippen LogP contribution in [0.3, 0.4) is 0 Å². The standard InChI is InChI=1S/C13H17N3O3/c1-19-8-7-16(6-2-5-14)10-3-4-12(15)11(9-10)13(17)18/h3-4,9H,2,6-8,15H2,1H3,(H,17,18). The number of nitrogens with zero attached hydrogens (tertiary/aromatic N) is 2. The van der Waals surface area contributed by atoms with E-state index in [2.05, 4.69) is 6.07 Å². The fraction of sp³-hybridized carbons (Fsp3) is 0.385. The third-order valence-electron chi connectivity index (χ3n) is 2.69. The van der Waals surface area contributed by atoms with E-state index in [-0.39, 0.29) is 11.3 Å². The zero-order valence-corrected chi connectivity index (χ0v) is 10.8. The van der Waals surface area contributed by atoms with Crippen molar-refractivity contribution in [3.63, 3.8) is 0 Å². The molecule has 0 aliphatic rings. The Morgan fingerprint density at radius 1 is 1.53 bits per heavy atom. The molecule has 102 valence electrons. The van der Waals surface area contributed by atoms with Crippen LogP contribution < -0.4 is 10.6 Å². The topological polar surface area (TPSA) is 99.6 Å². The van der Waals surface area contributed by atoms with Crippen molar-refractivity contribution in [2.45, 2.75) is 6.42 Å². The molecule has 0 radical (unpaired) electrons. The number of carbonyl (C=O) groups is 1. The number of aromatic carboxylic acids is 1. The van der Waals surface area contributed by atoms with Crippen LogP contribution in [0.15, 0.2) is 18.2 Å². The summed E-state index contributed by atoms with van der Waals surface area (Å²) < 4.78 is 5.01. The van der Waals surface area contributed by atoms with Crippen molar-refractivity contribution < 1.29 is 14.6 Å². The van der Waals surface area contributed by atoms with Gasteiger partial charge in [-0.3, -0.25) is 0 Å². The van der Waals surface area contributed by atoms with Crippen LogP contribution in [0.1, 0.15) is 16.8 Å². The number of hydrogen-bond acceptors (Lipinski definition) is 5. The molecule has 0 amide bonds. The second-order valence-corrected chi connectivity index (χ2v) is 3.96. The number of hydrogen-bond donors (Lipinski definition) is 2. The summed E-state index contributed by atoms with van der Waals surface area (Å²) in [5.41, 5.74) is 6.63. The van der Waals surface area contributed by atoms with Crippen LogP contribution >= 0.6 is 0 Å². The van der Waals surface area contributed by atoms with Crippen molar-refractivity contribution in [2.75, 3.05) is 37.4 Å². The first-order valence-corrected chi connectivity index (χ1v) is 5.83. The van der Waals surface area contributed by atoms with E-state index in [4.69, 9.17) is 20.8 Å². The van der Waals surface area contributed by atoms with Crippen molar-refractivity contribution in [2.24, 2.45) is 0 Å². The monoisotopic (exact) mass is 263 g/mol. The summed E-state index contributed by atoms with van der Waals surface area (Å²) in [5.74, 6) is -1.06. The molecule has 0 atom stereocenters. The Balaban J connectivity index is 2.97. The normalized spacial score (nSPS) is 9.89. The lowest BCUT2D eigenvalue weighted by atomic mass is 10.1. The molecule has 0 unspecified atom stereocenters. The molecule has 0 saturated heterocycles. The van der Waals surface area contributed by atoms with Gasteiger partial charge in [0.25, 0.3) is 0 Å². The molecule has 6 nitrogen and oxygen atoms in total. The van der Waals surface area contributed by atoms with E-state index < -0.39 is 5.97 Å². The predicted octanol–water partition coefficient (Wildman–Crippen LogP) is 1.33. The minimum absolute atomic E-state index is 0.0666. The summed E-state index contributed by atoms with van der Waals surface area (Å²) in [5, 5.41) is 17.7. The van der Waals surface area contributed by atoms with Gasteiger partial charge in [0.2, 0.25) is 0 Å². The highest BCUT2D eigenvalue weighted by atomic mass is 16.5. The van der Waals surface area contributed by atoms with Crippen LogP contribution in [0, 0.1) is 11.3 Å². The predicted molar refractivity (Wildman–Crippen MR) is 72.1 cm³/mol. The first-order valence-electron chi connectivity index (χ1n) is 5.83. The fourth-order valence-corrected chi connectivity index (χ4v) is 1.68. The first-order chi connectivity index (χ1) is 9.10. The maximum Gasteiger partial charge on any atom is 0.337 e. The van der Waals surface area contributed by atoms with Gasteiger partial charge in [-0.1, -0.05) is 0 Å². The highest BCUT2D eigenvalue weighted by Crippen LogP contribution is 2.21. The van der Waals surface area contributed by atoms with Gasteiger partial charge in [0, 0.05) is 31.6 Å². The second kappa shape index (κ2) is 7.24. The zero-order valence-electron chi connectivity index (χ0n) is 10.8. The van der Waals surface area contributed by atoms with E-state index in [1.807, 2.05) is 4.90 Å². The largest absolute Gasteiger partial charge is 0.478 e. The average molecular weight is 263 g/mol. The van der Waals surface area contributed by atoms with E-state index in [9.17, 15) is 4.79 Å². The number of ether oxygens (including phenoxy) is 1. The molecule has 0 aromatic heterocycles. The van der Waals surface area contributed by atoms with Crippen molar-refractivity contribution in [1.29, 1.82) is 5.26 Å². The van der Waals surface area contributed by atoms with E-state index in [1.54, 1.807) is 19.2 Å². The summed E-state index contributed by atoms with van der Waals surface area (Å²) in [4.78, 5) is 13.0. The molecule has 6 heteroatoms. The molecule has 0 aliphatic heterocycles. The van der Waals surface area contributed by atoms with Crippen molar-refractivity contribution in [3.8, 4) is 6.07 Å². The Hall–Kier alpha value is -2.26. The molecule has 0 bridgehead atoms. The summed E-state index contributed by atoms with van der Waals surface area (Å²) >= 11 is 0. The van der Waals surface area contributed by atoms with E-state index in [0.717, 1.165) is 5.69 Å². The Labute approximate surface area is 112 Å². The molecule has 0 heterocycles.